The topological polar surface area (TPSA) is 52.0 Å². The Bertz CT molecular complexity index is 1600. The average Bonchev–Trinajstić information content (AvgIpc) is 3.30. The molecule has 0 aromatic heterocycles. The summed E-state index contributed by atoms with van der Waals surface area (Å²) >= 11 is 0. The van der Waals surface area contributed by atoms with E-state index < -0.39 is 0 Å². The molecule has 0 aliphatic heterocycles. The van der Waals surface area contributed by atoms with Gasteiger partial charge in [0, 0.05) is 28.6 Å². The van der Waals surface area contributed by atoms with Crippen molar-refractivity contribution < 1.29 is 0 Å². The molecule has 0 spiro atoms. The number of benzene rings is 4. The zero-order chi connectivity index (χ0) is 43.7. The van der Waals surface area contributed by atoms with Crippen LogP contribution in [0.4, 0.5) is 11.4 Å². The number of hydrogen-bond donors (Lipinski definition) is 2. The predicted octanol–water partition coefficient (Wildman–Crippen LogP) is 18.4. The number of nitrogen functional groups attached to an aromatic ring is 2. The molecule has 4 N–H and O–H groups in total. The molecule has 0 amide bonds. The molecule has 1 aliphatic carbocycles. The molecule has 1 fully saturated rings. The summed E-state index contributed by atoms with van der Waals surface area (Å²) in [5.74, 6) is 1.66. The largest absolute Gasteiger partial charge is 0.399 e. The molecule has 2 nitrogen and oxygen atoms in total. The van der Waals surface area contributed by atoms with Crippen molar-refractivity contribution in [3.05, 3.63) is 130 Å². The molecule has 5 rings (SSSR count). The van der Waals surface area contributed by atoms with Crippen LogP contribution >= 0.6 is 0 Å². The highest BCUT2D eigenvalue weighted by molar-refractivity contribution is 5.47. The van der Waals surface area contributed by atoms with Gasteiger partial charge in [-0.15, -0.1) is 0 Å². The van der Waals surface area contributed by atoms with Crippen LogP contribution in [-0.2, 0) is 5.41 Å². The molecule has 340 valence electrons. The first-order chi connectivity index (χ1) is 30.5. The van der Waals surface area contributed by atoms with Gasteiger partial charge >= 0.3 is 0 Å². The van der Waals surface area contributed by atoms with Crippen LogP contribution in [0.2, 0.25) is 0 Å². The third-order valence-corrected chi connectivity index (χ3v) is 15.0. The summed E-state index contributed by atoms with van der Waals surface area (Å²) < 4.78 is 0. The summed E-state index contributed by atoms with van der Waals surface area (Å²) in [5, 5.41) is 0. The van der Waals surface area contributed by atoms with Gasteiger partial charge in [-0.3, -0.25) is 0 Å². The molecular formula is C60H90N2. The maximum Gasteiger partial charge on any atom is 0.0314 e. The van der Waals surface area contributed by atoms with Crippen molar-refractivity contribution in [2.24, 2.45) is 5.92 Å². The molecule has 2 unspecified atom stereocenters. The highest BCUT2D eigenvalue weighted by atomic mass is 14.5. The van der Waals surface area contributed by atoms with E-state index >= 15 is 0 Å². The Balaban J connectivity index is 1.35. The Morgan fingerprint density at radius 3 is 1.02 bits per heavy atom. The molecule has 2 atom stereocenters. The Hall–Kier alpha value is -3.52. The fourth-order valence-electron chi connectivity index (χ4n) is 11.0. The molecule has 4 aromatic carbocycles. The van der Waals surface area contributed by atoms with E-state index in [0.29, 0.717) is 11.8 Å². The van der Waals surface area contributed by atoms with Crippen molar-refractivity contribution >= 4 is 11.4 Å². The van der Waals surface area contributed by atoms with E-state index in [1.165, 1.54) is 220 Å². The van der Waals surface area contributed by atoms with Gasteiger partial charge in [0.05, 0.1) is 0 Å². The molecule has 0 heterocycles. The number of anilines is 2. The lowest BCUT2D eigenvalue weighted by molar-refractivity contribution is 0.250. The van der Waals surface area contributed by atoms with Gasteiger partial charge < -0.3 is 11.5 Å². The smallest absolute Gasteiger partial charge is 0.0314 e. The van der Waals surface area contributed by atoms with E-state index in [2.05, 4.69) is 118 Å². The standard InChI is InChI=1S/C60H90N2/c1-4-7-10-13-16-18-21-24-27-58(52-33-41-56(61)42-34-52)50-29-37-54(38-30-50)60(47-45-49(46-48-60)26-23-20-15-12-9-6-3)55-39-31-51(32-40-55)59(53-35-43-57(62)44-36-53)28-25-22-19-17-14-11-8-5-2/h29-44,49,58-59H,4-28,45-48,61-62H2,1-3H3. The first-order valence-corrected chi connectivity index (χ1v) is 26.4. The van der Waals surface area contributed by atoms with E-state index in [1.807, 2.05) is 0 Å². The van der Waals surface area contributed by atoms with Gasteiger partial charge in [0.2, 0.25) is 0 Å². The lowest BCUT2D eigenvalue weighted by Crippen LogP contribution is -2.33. The molecule has 1 aliphatic rings. The predicted molar refractivity (Wildman–Crippen MR) is 273 cm³/mol. The van der Waals surface area contributed by atoms with E-state index in [1.54, 1.807) is 0 Å². The van der Waals surface area contributed by atoms with Crippen LogP contribution in [-0.4, -0.2) is 0 Å². The van der Waals surface area contributed by atoms with Crippen molar-refractivity contribution in [1.82, 2.24) is 0 Å². The normalized spacial score (nSPS) is 17.6. The maximum atomic E-state index is 6.19. The SMILES string of the molecule is CCCCCCCCCCC(c1ccc(N)cc1)c1ccc(C2(c3ccc(C(CCCCCCCCCC)c4ccc(N)cc4)cc3)CCC(CCCCCCCC)CC2)cc1. The molecule has 0 radical (unpaired) electrons. The Kier molecular flexibility index (Phi) is 22.6. The van der Waals surface area contributed by atoms with E-state index in [4.69, 9.17) is 11.5 Å². The summed E-state index contributed by atoms with van der Waals surface area (Å²) in [4.78, 5) is 0. The third kappa shape index (κ3) is 15.9. The minimum absolute atomic E-state index is 0.0532. The van der Waals surface area contributed by atoms with Crippen molar-refractivity contribution in [2.45, 2.75) is 224 Å². The summed E-state index contributed by atoms with van der Waals surface area (Å²) in [6.45, 7) is 6.94. The molecule has 0 saturated heterocycles. The summed E-state index contributed by atoms with van der Waals surface area (Å²) in [7, 11) is 0. The number of nitrogens with two attached hydrogens (primary N) is 2. The quantitative estimate of drug-likeness (QED) is 0.0392. The zero-order valence-corrected chi connectivity index (χ0v) is 40.1. The average molecular weight is 839 g/mol. The summed E-state index contributed by atoms with van der Waals surface area (Å²) in [6.07, 6.45) is 39.0. The van der Waals surface area contributed by atoms with Crippen LogP contribution < -0.4 is 11.5 Å². The van der Waals surface area contributed by atoms with Gasteiger partial charge in [-0.2, -0.15) is 0 Å². The molecular weight excluding hydrogens is 749 g/mol. The van der Waals surface area contributed by atoms with Crippen LogP contribution in [0, 0.1) is 5.92 Å². The second-order valence-electron chi connectivity index (χ2n) is 19.8. The zero-order valence-electron chi connectivity index (χ0n) is 40.1. The Morgan fingerprint density at radius 2 is 0.677 bits per heavy atom. The second-order valence-corrected chi connectivity index (χ2v) is 19.8. The molecule has 62 heavy (non-hydrogen) atoms. The van der Waals surface area contributed by atoms with Crippen LogP contribution in [0.5, 0.6) is 0 Å². The van der Waals surface area contributed by atoms with Crippen molar-refractivity contribution in [3.8, 4) is 0 Å². The van der Waals surface area contributed by atoms with Gasteiger partial charge in [-0.05, 0) is 102 Å². The monoisotopic (exact) mass is 839 g/mol. The Labute approximate surface area is 381 Å². The summed E-state index contributed by atoms with van der Waals surface area (Å²) in [5.41, 5.74) is 22.9. The van der Waals surface area contributed by atoms with Crippen LogP contribution in [0.1, 0.15) is 252 Å². The highest BCUT2D eigenvalue weighted by Crippen LogP contribution is 2.48. The lowest BCUT2D eigenvalue weighted by Gasteiger charge is -2.42. The molecule has 4 aromatic rings. The van der Waals surface area contributed by atoms with Gasteiger partial charge in [-0.25, -0.2) is 0 Å². The third-order valence-electron chi connectivity index (χ3n) is 15.0. The van der Waals surface area contributed by atoms with Crippen molar-refractivity contribution in [2.75, 3.05) is 11.5 Å². The first kappa shape index (κ1) is 49.5. The summed E-state index contributed by atoms with van der Waals surface area (Å²) in [6, 6.07) is 37.6. The Morgan fingerprint density at radius 1 is 0.387 bits per heavy atom. The maximum absolute atomic E-state index is 6.19. The van der Waals surface area contributed by atoms with Crippen molar-refractivity contribution in [1.29, 1.82) is 0 Å². The van der Waals surface area contributed by atoms with Crippen LogP contribution in [0.3, 0.4) is 0 Å². The minimum Gasteiger partial charge on any atom is -0.399 e. The van der Waals surface area contributed by atoms with Gasteiger partial charge in [0.25, 0.3) is 0 Å². The molecule has 1 saturated carbocycles. The van der Waals surface area contributed by atoms with Crippen LogP contribution in [0.15, 0.2) is 97.1 Å². The lowest BCUT2D eigenvalue weighted by atomic mass is 9.62. The molecule has 0 bridgehead atoms. The van der Waals surface area contributed by atoms with Crippen molar-refractivity contribution in [3.63, 3.8) is 0 Å². The second kappa shape index (κ2) is 28.3. The number of rotatable bonds is 31. The number of unbranched alkanes of at least 4 members (excludes halogenated alkanes) is 19. The van der Waals surface area contributed by atoms with Crippen LogP contribution in [0.25, 0.3) is 0 Å². The highest BCUT2D eigenvalue weighted by Gasteiger charge is 2.38. The van der Waals surface area contributed by atoms with Gasteiger partial charge in [0.1, 0.15) is 0 Å². The fraction of sp³-hybridized carbons (Fsp3) is 0.600. The number of hydrogen-bond acceptors (Lipinski definition) is 2. The van der Waals surface area contributed by atoms with E-state index in [0.717, 1.165) is 17.3 Å². The first-order valence-electron chi connectivity index (χ1n) is 26.4. The molecule has 2 heteroatoms. The van der Waals surface area contributed by atoms with E-state index in [-0.39, 0.29) is 5.41 Å². The van der Waals surface area contributed by atoms with Gasteiger partial charge in [-0.1, -0.05) is 241 Å². The minimum atomic E-state index is 0.0532. The van der Waals surface area contributed by atoms with E-state index in [9.17, 15) is 0 Å². The fourth-order valence-corrected chi connectivity index (χ4v) is 11.0. The van der Waals surface area contributed by atoms with Gasteiger partial charge in [0.15, 0.2) is 0 Å².